The standard InChI is InChI=1S/C6H8O7.3C5H14NO.2C2H6O/c7-3(8)1-6(13,5(11)12)2-4(9)10;3*1-6(2,3)4-5-7;2*1-2-3/h13H,1-2H2,(H,7,8)(H,9,10)(H,11,12);3*7H,4-5H2,1-3H3;2*3H,2H2,1H3/q;3*+1;;/p-3. The van der Waals surface area contributed by atoms with Gasteiger partial charge in [-0.2, -0.15) is 0 Å². The van der Waals surface area contributed by atoms with Gasteiger partial charge in [0.15, 0.2) is 0 Å². The van der Waals surface area contributed by atoms with Crippen molar-refractivity contribution in [1.29, 1.82) is 0 Å². The Balaban J connectivity index is -0.0000000933. The van der Waals surface area contributed by atoms with E-state index >= 15 is 0 Å². The van der Waals surface area contributed by atoms with E-state index in [9.17, 15) is 29.7 Å². The number of hydrogen-bond acceptors (Lipinski definition) is 12. The molecule has 0 radical (unpaired) electrons. The molecule has 0 aliphatic heterocycles. The Bertz CT molecular complexity index is 543. The van der Waals surface area contributed by atoms with Crippen molar-refractivity contribution >= 4 is 17.9 Å². The normalized spacial score (nSPS) is 10.7. The number of aliphatic hydroxyl groups excluding tert-OH is 5. The van der Waals surface area contributed by atoms with Crippen molar-refractivity contribution in [2.75, 3.05) is 116 Å². The third kappa shape index (κ3) is 65.3. The molecule has 0 saturated carbocycles. The fourth-order valence-corrected chi connectivity index (χ4v) is 1.58. The van der Waals surface area contributed by atoms with E-state index in [-0.39, 0.29) is 33.0 Å². The average molecular weight is 594 g/mol. The Morgan fingerprint density at radius 2 is 0.725 bits per heavy atom. The number of likely N-dealkylation sites (N-methyl/N-ethyl adjacent to an activating group) is 3. The molecule has 0 aliphatic carbocycles. The first-order valence-electron chi connectivity index (χ1n) is 12.6. The van der Waals surface area contributed by atoms with E-state index < -0.39 is 36.4 Å². The van der Waals surface area contributed by atoms with Crippen LogP contribution in [0.1, 0.15) is 26.7 Å². The molecule has 0 spiro atoms. The molecule has 0 heterocycles. The number of hydrogen-bond donors (Lipinski definition) is 6. The molecule has 15 nitrogen and oxygen atoms in total. The molecule has 0 atom stereocenters. The van der Waals surface area contributed by atoms with Gasteiger partial charge >= 0.3 is 0 Å². The topological polar surface area (TPSA) is 242 Å². The van der Waals surface area contributed by atoms with E-state index in [4.69, 9.17) is 30.6 Å². The largest absolute Gasteiger partial charge is 0.550 e. The minimum Gasteiger partial charge on any atom is -0.550 e. The fraction of sp³-hybridized carbons (Fsp3) is 0.880. The number of carboxylic acids is 3. The molecule has 0 aromatic carbocycles. The van der Waals surface area contributed by atoms with E-state index in [2.05, 4.69) is 63.4 Å². The van der Waals surface area contributed by atoms with Crippen LogP contribution in [0.25, 0.3) is 0 Å². The predicted molar refractivity (Wildman–Crippen MR) is 145 cm³/mol. The number of nitrogens with zero attached hydrogens (tertiary/aromatic N) is 3. The summed E-state index contributed by atoms with van der Waals surface area (Å²) >= 11 is 0. The number of carbonyl (C=O) groups excluding carboxylic acids is 3. The molecule has 0 unspecified atom stereocenters. The molecule has 40 heavy (non-hydrogen) atoms. The van der Waals surface area contributed by atoms with Crippen molar-refractivity contribution < 1.29 is 73.8 Å². The summed E-state index contributed by atoms with van der Waals surface area (Å²) < 4.78 is 2.53. The highest BCUT2D eigenvalue weighted by Crippen LogP contribution is 2.13. The first kappa shape index (κ1) is 50.8. The molecule has 0 aromatic rings. The molecule has 6 N–H and O–H groups in total. The monoisotopic (exact) mass is 593 g/mol. The lowest BCUT2D eigenvalue weighted by Crippen LogP contribution is -2.54. The molecule has 246 valence electrons. The molecule has 0 fully saturated rings. The molecule has 0 bridgehead atoms. The second-order valence-corrected chi connectivity index (χ2v) is 11.3. The number of aliphatic carboxylic acids is 3. The van der Waals surface area contributed by atoms with Crippen molar-refractivity contribution in [2.45, 2.75) is 32.3 Å². The first-order chi connectivity index (χ1) is 17.8. The smallest absolute Gasteiger partial charge is 0.114 e. The zero-order valence-corrected chi connectivity index (χ0v) is 26.5. The lowest BCUT2D eigenvalue weighted by Gasteiger charge is -2.29. The number of carboxylic acid groups (broad SMARTS) is 3. The second-order valence-electron chi connectivity index (χ2n) is 11.3. The van der Waals surface area contributed by atoms with Gasteiger partial charge in [0, 0.05) is 38.0 Å². The van der Waals surface area contributed by atoms with Gasteiger partial charge in [-0.3, -0.25) is 0 Å². The summed E-state index contributed by atoms with van der Waals surface area (Å²) in [4.78, 5) is 30.0. The zero-order chi connectivity index (χ0) is 33.8. The van der Waals surface area contributed by atoms with Crippen LogP contribution in [-0.2, 0) is 14.4 Å². The predicted octanol–water partition coefficient (Wildman–Crippen LogP) is -6.20. The molecule has 0 rings (SSSR count). The molecule has 0 aliphatic rings. The summed E-state index contributed by atoms with van der Waals surface area (Å²) in [6.07, 6.45) is -2.72. The highest BCUT2D eigenvalue weighted by molar-refractivity contribution is 5.86. The lowest BCUT2D eigenvalue weighted by atomic mass is 9.96. The van der Waals surface area contributed by atoms with E-state index in [1.807, 2.05) is 0 Å². The molecular weight excluding hydrogens is 534 g/mol. The van der Waals surface area contributed by atoms with Crippen LogP contribution < -0.4 is 15.3 Å². The van der Waals surface area contributed by atoms with Crippen LogP contribution in [-0.4, -0.2) is 184 Å². The van der Waals surface area contributed by atoms with Crippen molar-refractivity contribution in [3.8, 4) is 0 Å². The number of quaternary nitrogens is 3. The summed E-state index contributed by atoms with van der Waals surface area (Å²) in [6.45, 7) is 7.20. The summed E-state index contributed by atoms with van der Waals surface area (Å²) in [5.41, 5.74) is -2.97. The maximum Gasteiger partial charge on any atom is 0.114 e. The quantitative estimate of drug-likeness (QED) is 0.123. The van der Waals surface area contributed by atoms with Crippen LogP contribution in [0.3, 0.4) is 0 Å². The van der Waals surface area contributed by atoms with Gasteiger partial charge in [0.05, 0.1) is 89.2 Å². The van der Waals surface area contributed by atoms with Gasteiger partial charge in [-0.05, 0) is 13.8 Å². The zero-order valence-electron chi connectivity index (χ0n) is 26.5. The molecule has 0 aromatic heterocycles. The Morgan fingerprint density at radius 1 is 0.550 bits per heavy atom. The van der Waals surface area contributed by atoms with Crippen LogP contribution >= 0.6 is 0 Å². The third-order valence-corrected chi connectivity index (χ3v) is 3.57. The molecule has 0 saturated heterocycles. The Kier molecular flexibility index (Phi) is 36.3. The van der Waals surface area contributed by atoms with Crippen LogP contribution in [0.4, 0.5) is 0 Å². The number of rotatable bonds is 11. The van der Waals surface area contributed by atoms with Gasteiger partial charge in [0.2, 0.25) is 0 Å². The van der Waals surface area contributed by atoms with Crippen molar-refractivity contribution in [1.82, 2.24) is 0 Å². The van der Waals surface area contributed by atoms with Gasteiger partial charge in [0.1, 0.15) is 25.2 Å². The molecular formula is C25H59N3O12. The van der Waals surface area contributed by atoms with E-state index in [1.165, 1.54) is 0 Å². The van der Waals surface area contributed by atoms with Gasteiger partial charge in [0.25, 0.3) is 0 Å². The molecule has 0 amide bonds. The SMILES string of the molecule is CCO.CCO.C[N+](C)(C)CCO.C[N+](C)(C)CCO.C[N+](C)(C)CCO.O=C([O-])CC(O)(CC(=O)[O-])C(=O)[O-]. The minimum atomic E-state index is -2.97. The van der Waals surface area contributed by atoms with Crippen LogP contribution in [0.15, 0.2) is 0 Å². The van der Waals surface area contributed by atoms with Gasteiger partial charge in [-0.1, -0.05) is 0 Å². The second kappa shape index (κ2) is 28.6. The lowest BCUT2D eigenvalue weighted by molar-refractivity contribution is -0.870. The Labute approximate surface area is 240 Å². The van der Waals surface area contributed by atoms with Gasteiger partial charge < -0.3 is 73.8 Å². The van der Waals surface area contributed by atoms with Crippen LogP contribution in [0, 0.1) is 0 Å². The maximum absolute atomic E-state index is 10.1. The van der Waals surface area contributed by atoms with E-state index in [0.717, 1.165) is 33.1 Å². The fourth-order valence-electron chi connectivity index (χ4n) is 1.58. The maximum atomic E-state index is 10.1. The first-order valence-corrected chi connectivity index (χ1v) is 12.6. The number of aliphatic hydroxyl groups is 6. The highest BCUT2D eigenvalue weighted by Gasteiger charge is 2.29. The van der Waals surface area contributed by atoms with Gasteiger partial charge in [-0.25, -0.2) is 0 Å². The summed E-state index contributed by atoms with van der Waals surface area (Å²) in [6, 6.07) is 0. The van der Waals surface area contributed by atoms with Crippen LogP contribution in [0.2, 0.25) is 0 Å². The van der Waals surface area contributed by atoms with E-state index in [1.54, 1.807) is 13.8 Å². The van der Waals surface area contributed by atoms with E-state index in [0.29, 0.717) is 0 Å². The summed E-state index contributed by atoms with van der Waals surface area (Å²) in [5, 5.41) is 79.2. The molecule has 15 heteroatoms. The Morgan fingerprint density at radius 3 is 0.775 bits per heavy atom. The van der Waals surface area contributed by atoms with Crippen molar-refractivity contribution in [2.24, 2.45) is 0 Å². The van der Waals surface area contributed by atoms with Gasteiger partial charge in [-0.15, -0.1) is 0 Å². The minimum absolute atomic E-state index is 0.250. The Hall–Kier alpha value is -1.95. The summed E-state index contributed by atoms with van der Waals surface area (Å²) in [5.74, 6) is -5.98. The highest BCUT2D eigenvalue weighted by atomic mass is 16.4. The summed E-state index contributed by atoms with van der Waals surface area (Å²) in [7, 11) is 18.5. The van der Waals surface area contributed by atoms with Crippen LogP contribution in [0.5, 0.6) is 0 Å². The number of carbonyl (C=O) groups is 3. The average Bonchev–Trinajstić information content (AvgIpc) is 2.66. The van der Waals surface area contributed by atoms with Crippen molar-refractivity contribution in [3.63, 3.8) is 0 Å². The third-order valence-electron chi connectivity index (χ3n) is 3.57. The van der Waals surface area contributed by atoms with Crippen molar-refractivity contribution in [3.05, 3.63) is 0 Å².